The number of benzene rings is 2. The van der Waals surface area contributed by atoms with Gasteiger partial charge in [-0.15, -0.1) is 0 Å². The Kier molecular flexibility index (Phi) is 4.15. The van der Waals surface area contributed by atoms with E-state index in [0.29, 0.717) is 0 Å². The van der Waals surface area contributed by atoms with Crippen molar-refractivity contribution in [3.63, 3.8) is 0 Å². The summed E-state index contributed by atoms with van der Waals surface area (Å²) < 4.78 is 2.29. The van der Waals surface area contributed by atoms with Gasteiger partial charge in [0.2, 0.25) is 0 Å². The fraction of sp³-hybridized carbons (Fsp3) is 0.100. The topological polar surface area (TPSA) is 72.2 Å². The third-order valence-corrected chi connectivity index (χ3v) is 4.29. The molecule has 0 radical (unpaired) electrons. The Bertz CT molecular complexity index is 1120. The number of hydrogen-bond acceptors (Lipinski definition) is 4. The van der Waals surface area contributed by atoms with Crippen LogP contribution in [-0.4, -0.2) is 26.7 Å². The Hall–Kier alpha value is -3.54. The van der Waals surface area contributed by atoms with E-state index in [4.69, 9.17) is 0 Å². The van der Waals surface area contributed by atoms with Crippen LogP contribution in [0.2, 0.25) is 0 Å². The number of nitrogens with one attached hydrogen (secondary N) is 1. The van der Waals surface area contributed by atoms with E-state index >= 15 is 0 Å². The second-order valence-corrected chi connectivity index (χ2v) is 5.83. The summed E-state index contributed by atoms with van der Waals surface area (Å²) >= 11 is 0. The maximum absolute atomic E-state index is 11.9. The largest absolute Gasteiger partial charge is 0.341 e. The molecular formula is C20H17N5O. The molecule has 0 saturated carbocycles. The molecule has 4 aromatic rings. The van der Waals surface area contributed by atoms with Gasteiger partial charge in [-0.1, -0.05) is 24.3 Å². The van der Waals surface area contributed by atoms with E-state index in [1.807, 2.05) is 12.1 Å². The Morgan fingerprint density at radius 1 is 1.15 bits per heavy atom. The van der Waals surface area contributed by atoms with Crippen LogP contribution in [0.4, 0.5) is 0 Å². The van der Waals surface area contributed by atoms with Gasteiger partial charge in [0, 0.05) is 40.7 Å². The number of amides is 1. The fourth-order valence-electron chi connectivity index (χ4n) is 3.13. The lowest BCUT2D eigenvalue weighted by Crippen LogP contribution is -2.19. The molecule has 0 unspecified atom stereocenters. The zero-order valence-corrected chi connectivity index (χ0v) is 14.3. The van der Waals surface area contributed by atoms with Crippen molar-refractivity contribution in [2.75, 3.05) is 0 Å². The van der Waals surface area contributed by atoms with Crippen LogP contribution in [0, 0.1) is 0 Å². The van der Waals surface area contributed by atoms with E-state index in [9.17, 15) is 4.79 Å². The number of carbonyl (C=O) groups is 1. The van der Waals surface area contributed by atoms with Crippen LogP contribution in [0.1, 0.15) is 23.0 Å². The first-order valence-corrected chi connectivity index (χ1v) is 8.38. The molecule has 0 aliphatic rings. The predicted octanol–water partition coefficient (Wildman–Crippen LogP) is 3.37. The summed E-state index contributed by atoms with van der Waals surface area (Å²) in [5.41, 5.74) is 6.02. The number of para-hydroxylation sites is 1. The van der Waals surface area contributed by atoms with E-state index in [-0.39, 0.29) is 5.69 Å². The predicted molar refractivity (Wildman–Crippen MR) is 102 cm³/mol. The number of hydrazone groups is 1. The van der Waals surface area contributed by atoms with Gasteiger partial charge >= 0.3 is 0 Å². The van der Waals surface area contributed by atoms with Crippen molar-refractivity contribution in [2.45, 2.75) is 13.5 Å². The van der Waals surface area contributed by atoms with E-state index in [2.05, 4.69) is 62.3 Å². The molecule has 2 aromatic carbocycles. The molecule has 0 fully saturated rings. The van der Waals surface area contributed by atoms with Crippen molar-refractivity contribution in [1.82, 2.24) is 20.0 Å². The zero-order valence-electron chi connectivity index (χ0n) is 14.3. The maximum Gasteiger partial charge on any atom is 0.291 e. The monoisotopic (exact) mass is 343 g/mol. The molecule has 0 atom stereocenters. The van der Waals surface area contributed by atoms with E-state index in [1.54, 1.807) is 6.21 Å². The van der Waals surface area contributed by atoms with Crippen LogP contribution >= 0.6 is 0 Å². The highest BCUT2D eigenvalue weighted by Gasteiger charge is 2.09. The number of aryl methyl sites for hydroxylation is 1. The average molecular weight is 343 g/mol. The zero-order chi connectivity index (χ0) is 17.9. The minimum atomic E-state index is -0.391. The van der Waals surface area contributed by atoms with E-state index < -0.39 is 5.91 Å². The smallest absolute Gasteiger partial charge is 0.291 e. The maximum atomic E-state index is 11.9. The molecule has 1 N–H and O–H groups in total. The van der Waals surface area contributed by atoms with E-state index in [1.165, 1.54) is 40.4 Å². The van der Waals surface area contributed by atoms with Gasteiger partial charge in [0.05, 0.1) is 12.4 Å². The van der Waals surface area contributed by atoms with Crippen LogP contribution < -0.4 is 5.43 Å². The molecule has 26 heavy (non-hydrogen) atoms. The van der Waals surface area contributed by atoms with Gasteiger partial charge in [-0.25, -0.2) is 10.4 Å². The quantitative estimate of drug-likeness (QED) is 0.456. The number of rotatable bonds is 4. The first-order chi connectivity index (χ1) is 12.8. The molecule has 2 heterocycles. The number of hydrogen-bond donors (Lipinski definition) is 1. The second-order valence-electron chi connectivity index (χ2n) is 5.83. The highest BCUT2D eigenvalue weighted by atomic mass is 16.2. The Morgan fingerprint density at radius 2 is 2.00 bits per heavy atom. The summed E-state index contributed by atoms with van der Waals surface area (Å²) in [5, 5.41) is 6.42. The second kappa shape index (κ2) is 6.76. The van der Waals surface area contributed by atoms with Crippen molar-refractivity contribution in [3.05, 3.63) is 72.3 Å². The molecule has 6 nitrogen and oxygen atoms in total. The normalized spacial score (nSPS) is 11.4. The number of carbonyl (C=O) groups excluding carboxylic acids is 1. The van der Waals surface area contributed by atoms with Crippen molar-refractivity contribution in [3.8, 4) is 0 Å². The molecule has 0 bridgehead atoms. The SMILES string of the molecule is CCn1c2ccccc2c2cc(/C=N/NC(=O)c3cnccn3)ccc21. The van der Waals surface area contributed by atoms with Crippen LogP contribution in [0.5, 0.6) is 0 Å². The van der Waals surface area contributed by atoms with Gasteiger partial charge < -0.3 is 4.57 Å². The third-order valence-electron chi connectivity index (χ3n) is 4.29. The summed E-state index contributed by atoms with van der Waals surface area (Å²) in [6.45, 7) is 3.05. The van der Waals surface area contributed by atoms with Crippen LogP contribution in [0.15, 0.2) is 66.2 Å². The van der Waals surface area contributed by atoms with Gasteiger partial charge in [0.25, 0.3) is 5.91 Å². The van der Waals surface area contributed by atoms with Crippen LogP contribution in [0.3, 0.4) is 0 Å². The van der Waals surface area contributed by atoms with Crippen LogP contribution in [-0.2, 0) is 6.54 Å². The lowest BCUT2D eigenvalue weighted by molar-refractivity contribution is 0.0949. The Labute approximate surface area is 150 Å². The summed E-state index contributed by atoms with van der Waals surface area (Å²) in [6.07, 6.45) is 6.01. The van der Waals surface area contributed by atoms with Crippen LogP contribution in [0.25, 0.3) is 21.8 Å². The molecule has 128 valence electrons. The standard InChI is InChI=1S/C20H17N5O/c1-2-25-18-6-4-3-5-15(18)16-11-14(7-8-19(16)25)12-23-24-20(26)17-13-21-9-10-22-17/h3-13H,2H2,1H3,(H,24,26)/b23-12+. The highest BCUT2D eigenvalue weighted by Crippen LogP contribution is 2.29. The summed E-state index contributed by atoms with van der Waals surface area (Å²) in [4.78, 5) is 19.7. The number of nitrogens with zero attached hydrogens (tertiary/aromatic N) is 4. The summed E-state index contributed by atoms with van der Waals surface area (Å²) in [7, 11) is 0. The average Bonchev–Trinajstić information content (AvgIpc) is 3.01. The molecule has 1 amide bonds. The minimum Gasteiger partial charge on any atom is -0.341 e. The lowest BCUT2D eigenvalue weighted by Gasteiger charge is -2.02. The van der Waals surface area contributed by atoms with Crippen molar-refractivity contribution >= 4 is 33.9 Å². The van der Waals surface area contributed by atoms with Gasteiger partial charge in [0.15, 0.2) is 0 Å². The van der Waals surface area contributed by atoms with Crippen molar-refractivity contribution in [1.29, 1.82) is 0 Å². The van der Waals surface area contributed by atoms with Crippen molar-refractivity contribution < 1.29 is 4.79 Å². The Balaban J connectivity index is 1.63. The molecule has 0 spiro atoms. The van der Waals surface area contributed by atoms with Gasteiger partial charge in [-0.05, 0) is 30.7 Å². The number of fused-ring (bicyclic) bond motifs is 3. The molecule has 2 aromatic heterocycles. The molecule has 0 aliphatic heterocycles. The first kappa shape index (κ1) is 16.0. The molecule has 0 aliphatic carbocycles. The summed E-state index contributed by atoms with van der Waals surface area (Å²) in [6, 6.07) is 14.5. The van der Waals surface area contributed by atoms with E-state index in [0.717, 1.165) is 12.1 Å². The molecule has 4 rings (SSSR count). The highest BCUT2D eigenvalue weighted by molar-refractivity contribution is 6.09. The lowest BCUT2D eigenvalue weighted by atomic mass is 10.1. The molecular weight excluding hydrogens is 326 g/mol. The minimum absolute atomic E-state index is 0.228. The molecule has 6 heteroatoms. The number of aromatic nitrogens is 3. The fourth-order valence-corrected chi connectivity index (χ4v) is 3.13. The van der Waals surface area contributed by atoms with Gasteiger partial charge in [-0.2, -0.15) is 5.10 Å². The molecule has 0 saturated heterocycles. The Morgan fingerprint density at radius 3 is 2.81 bits per heavy atom. The summed E-state index contributed by atoms with van der Waals surface area (Å²) in [5.74, 6) is -0.391. The van der Waals surface area contributed by atoms with Gasteiger partial charge in [0.1, 0.15) is 5.69 Å². The van der Waals surface area contributed by atoms with Crippen molar-refractivity contribution in [2.24, 2.45) is 5.10 Å². The third kappa shape index (κ3) is 2.82. The first-order valence-electron chi connectivity index (χ1n) is 8.38. The van der Waals surface area contributed by atoms with Gasteiger partial charge in [-0.3, -0.25) is 9.78 Å².